The second kappa shape index (κ2) is 4.37. The quantitative estimate of drug-likeness (QED) is 0.441. The van der Waals surface area contributed by atoms with Crippen LogP contribution in [0.5, 0.6) is 0 Å². The predicted molar refractivity (Wildman–Crippen MR) is 30.1 cm³/mol. The van der Waals surface area contributed by atoms with Crippen molar-refractivity contribution >= 4 is 12.3 Å². The van der Waals surface area contributed by atoms with Crippen molar-refractivity contribution in [3.05, 3.63) is 0 Å². The van der Waals surface area contributed by atoms with E-state index >= 15 is 0 Å². The lowest BCUT2D eigenvalue weighted by Gasteiger charge is -2.08. The molecule has 0 saturated heterocycles. The van der Waals surface area contributed by atoms with Gasteiger partial charge >= 0.3 is 12.3 Å². The molecule has 0 aromatic heterocycles. The number of carbonyl (C=O) groups is 2. The molecule has 0 N–H and O–H groups in total. The number of rotatable bonds is 2. The maximum atomic E-state index is 10.3. The molecule has 1 atom stereocenters. The van der Waals surface area contributed by atoms with Crippen LogP contribution in [0.4, 0.5) is 9.59 Å². The van der Waals surface area contributed by atoms with Gasteiger partial charge in [-0.2, -0.15) is 9.90 Å². The maximum Gasteiger partial charge on any atom is 0.553 e. The highest BCUT2D eigenvalue weighted by atomic mass is 16.8. The number of hydrogen-bond acceptors (Lipinski definition) is 5. The first-order valence-electron chi connectivity index (χ1n) is 2.68. The van der Waals surface area contributed by atoms with Gasteiger partial charge in [0, 0.05) is 6.92 Å². The highest BCUT2D eigenvalue weighted by molar-refractivity contribution is 5.60. The molecule has 63 valence electrons. The summed E-state index contributed by atoms with van der Waals surface area (Å²) in [6, 6.07) is 0. The summed E-state index contributed by atoms with van der Waals surface area (Å²) in [4.78, 5) is 20.0. The highest BCUT2D eigenvalue weighted by Gasteiger charge is 2.13. The molecular weight excluding hydrogens is 156 g/mol. The molecule has 11 heavy (non-hydrogen) atoms. The van der Waals surface area contributed by atoms with E-state index < -0.39 is 18.6 Å². The van der Waals surface area contributed by atoms with Gasteiger partial charge in [-0.05, 0) is 0 Å². The van der Waals surface area contributed by atoms with Gasteiger partial charge < -0.3 is 14.2 Å². The van der Waals surface area contributed by atoms with Crippen molar-refractivity contribution in [2.75, 3.05) is 7.11 Å². The van der Waals surface area contributed by atoms with Crippen molar-refractivity contribution in [3.8, 4) is 0 Å². The lowest BCUT2D eigenvalue weighted by Crippen LogP contribution is -2.20. The molecule has 6 nitrogen and oxygen atoms in total. The molecule has 0 rings (SSSR count). The Kier molecular flexibility index (Phi) is 3.79. The fourth-order valence-electron chi connectivity index (χ4n) is 0.343. The van der Waals surface area contributed by atoms with Crippen LogP contribution in [0.2, 0.25) is 0 Å². The molecule has 1 unspecified atom stereocenters. The first-order valence-corrected chi connectivity index (χ1v) is 2.68. The van der Waals surface area contributed by atoms with Crippen molar-refractivity contribution in [3.63, 3.8) is 0 Å². The summed E-state index contributed by atoms with van der Waals surface area (Å²) >= 11 is 0. The average Bonchev–Trinajstić information content (AvgIpc) is 1.85. The fourth-order valence-corrected chi connectivity index (χ4v) is 0.343. The molecule has 0 aliphatic rings. The van der Waals surface area contributed by atoms with Crippen LogP contribution < -0.4 is 0 Å². The van der Waals surface area contributed by atoms with Gasteiger partial charge in [-0.25, -0.2) is 4.79 Å². The molecule has 0 heterocycles. The Balaban J connectivity index is 3.60. The van der Waals surface area contributed by atoms with Crippen LogP contribution in [-0.2, 0) is 19.3 Å². The first kappa shape index (κ1) is 9.54. The molecule has 1 radical (unpaired) electrons. The normalized spacial score (nSPS) is 11.5. The summed E-state index contributed by atoms with van der Waals surface area (Å²) < 4.78 is 12.2. The summed E-state index contributed by atoms with van der Waals surface area (Å²) in [6.45, 7) is 1.21. The third-order valence-corrected chi connectivity index (χ3v) is 0.691. The standard InChI is InChI=1S/C5H7O6/c1-3(10-4(6)7)11-5(8)9-2/h3H,1-2H3. The molecule has 0 aliphatic heterocycles. The minimum atomic E-state index is -1.76. The molecule has 0 aromatic rings. The maximum absolute atomic E-state index is 10.3. The Morgan fingerprint density at radius 3 is 2.18 bits per heavy atom. The lowest BCUT2D eigenvalue weighted by atomic mass is 10.7. The van der Waals surface area contributed by atoms with Crippen LogP contribution in [0.3, 0.4) is 0 Å². The fraction of sp³-hybridized carbons (Fsp3) is 0.600. The van der Waals surface area contributed by atoms with Crippen LogP contribution in [0.25, 0.3) is 0 Å². The lowest BCUT2D eigenvalue weighted by molar-refractivity contribution is -0.0893. The van der Waals surface area contributed by atoms with Crippen molar-refractivity contribution in [2.45, 2.75) is 13.2 Å². The van der Waals surface area contributed by atoms with E-state index in [1.807, 2.05) is 0 Å². The van der Waals surface area contributed by atoms with Crippen LogP contribution in [0.1, 0.15) is 6.92 Å². The van der Waals surface area contributed by atoms with Crippen LogP contribution >= 0.6 is 0 Å². The number of carbonyl (C=O) groups excluding carboxylic acids is 2. The van der Waals surface area contributed by atoms with Crippen LogP contribution in [-0.4, -0.2) is 25.7 Å². The molecule has 0 aromatic carbocycles. The molecule has 0 fully saturated rings. The summed E-state index contributed by atoms with van der Waals surface area (Å²) in [5, 5.41) is 9.71. The zero-order valence-electron chi connectivity index (χ0n) is 6.03. The van der Waals surface area contributed by atoms with Crippen LogP contribution in [0.15, 0.2) is 0 Å². The highest BCUT2D eigenvalue weighted by Crippen LogP contribution is 1.95. The van der Waals surface area contributed by atoms with Gasteiger partial charge in [0.05, 0.1) is 7.11 Å². The largest absolute Gasteiger partial charge is 0.553 e. The molecule has 0 saturated carbocycles. The van der Waals surface area contributed by atoms with Gasteiger partial charge in [0.15, 0.2) is 0 Å². The first-order chi connectivity index (χ1) is 5.06. The second-order valence-corrected chi connectivity index (χ2v) is 1.51. The Bertz CT molecular complexity index is 153. The van der Waals surface area contributed by atoms with E-state index in [4.69, 9.17) is 0 Å². The van der Waals surface area contributed by atoms with Gasteiger partial charge in [0.1, 0.15) is 0 Å². The van der Waals surface area contributed by atoms with Gasteiger partial charge in [0.2, 0.25) is 0 Å². The monoisotopic (exact) mass is 163 g/mol. The Morgan fingerprint density at radius 1 is 1.27 bits per heavy atom. The third kappa shape index (κ3) is 5.01. The second-order valence-electron chi connectivity index (χ2n) is 1.51. The number of hydrogen-bond donors (Lipinski definition) is 0. The van der Waals surface area contributed by atoms with E-state index in [0.717, 1.165) is 7.11 Å². The van der Waals surface area contributed by atoms with E-state index in [-0.39, 0.29) is 0 Å². The van der Waals surface area contributed by atoms with E-state index in [9.17, 15) is 14.7 Å². The minimum Gasteiger partial charge on any atom is -0.438 e. The zero-order chi connectivity index (χ0) is 8.85. The van der Waals surface area contributed by atoms with Crippen LogP contribution in [0, 0.1) is 0 Å². The Hall–Kier alpha value is -1.46. The average molecular weight is 163 g/mol. The SMILES string of the molecule is COC(=O)OC(C)OC([O])=O. The number of methoxy groups -OCH3 is 1. The van der Waals surface area contributed by atoms with Crippen molar-refractivity contribution in [1.82, 2.24) is 0 Å². The topological polar surface area (TPSA) is 81.7 Å². The molecule has 0 spiro atoms. The summed E-state index contributed by atoms with van der Waals surface area (Å²) in [5.74, 6) is 0. The van der Waals surface area contributed by atoms with Crippen molar-refractivity contribution in [2.24, 2.45) is 0 Å². The Morgan fingerprint density at radius 2 is 1.82 bits per heavy atom. The van der Waals surface area contributed by atoms with E-state index in [2.05, 4.69) is 14.2 Å². The summed E-state index contributed by atoms with van der Waals surface area (Å²) in [5.41, 5.74) is 0. The molecular formula is C5H7O6. The molecule has 0 aliphatic carbocycles. The van der Waals surface area contributed by atoms with Gasteiger partial charge in [-0.3, -0.25) is 0 Å². The van der Waals surface area contributed by atoms with Crippen molar-refractivity contribution in [1.29, 1.82) is 0 Å². The third-order valence-electron chi connectivity index (χ3n) is 0.691. The minimum absolute atomic E-state index is 1.02. The van der Waals surface area contributed by atoms with E-state index in [1.54, 1.807) is 0 Å². The summed E-state index contributed by atoms with van der Waals surface area (Å²) in [7, 11) is 1.09. The number of ether oxygens (including phenoxy) is 3. The Labute approximate surface area is 62.7 Å². The predicted octanol–water partition coefficient (Wildman–Crippen LogP) is 0.682. The van der Waals surface area contributed by atoms with E-state index in [1.165, 1.54) is 6.92 Å². The summed E-state index contributed by atoms with van der Waals surface area (Å²) in [6.07, 6.45) is -3.99. The zero-order valence-corrected chi connectivity index (χ0v) is 6.03. The molecule has 0 bridgehead atoms. The smallest absolute Gasteiger partial charge is 0.438 e. The molecule has 0 amide bonds. The van der Waals surface area contributed by atoms with Crippen molar-refractivity contribution < 1.29 is 28.9 Å². The van der Waals surface area contributed by atoms with E-state index in [0.29, 0.717) is 0 Å². The molecule has 6 heteroatoms. The van der Waals surface area contributed by atoms with Gasteiger partial charge in [0.25, 0.3) is 6.29 Å². The van der Waals surface area contributed by atoms with Gasteiger partial charge in [-0.15, -0.1) is 0 Å². The van der Waals surface area contributed by atoms with Gasteiger partial charge in [-0.1, -0.05) is 0 Å².